The first-order valence-corrected chi connectivity index (χ1v) is 8.02. The fraction of sp³-hybridized carbons (Fsp3) is 0.667. The Morgan fingerprint density at radius 2 is 1.95 bits per heavy atom. The molecule has 1 aliphatic heterocycles. The van der Waals surface area contributed by atoms with Gasteiger partial charge in [0.25, 0.3) is 0 Å². The Labute approximate surface area is 118 Å². The molecule has 1 N–H and O–H groups in total. The second-order valence-electron chi connectivity index (χ2n) is 6.38. The zero-order chi connectivity index (χ0) is 13.6. The van der Waals surface area contributed by atoms with E-state index in [0.29, 0.717) is 11.3 Å². The van der Waals surface area contributed by atoms with Crippen molar-refractivity contribution in [3.05, 3.63) is 35.9 Å². The third-order valence-corrected chi connectivity index (χ3v) is 4.87. The topological polar surface area (TPSA) is 12.0 Å². The van der Waals surface area contributed by atoms with Gasteiger partial charge in [0, 0.05) is 12.5 Å². The molecule has 1 fully saturated rings. The van der Waals surface area contributed by atoms with Crippen molar-refractivity contribution in [2.24, 2.45) is 5.41 Å². The molecule has 2 rings (SSSR count). The van der Waals surface area contributed by atoms with Crippen molar-refractivity contribution in [1.29, 1.82) is 0 Å². The normalized spacial score (nSPS) is 27.4. The maximum atomic E-state index is 3.59. The van der Waals surface area contributed by atoms with Crippen LogP contribution in [0.4, 0.5) is 0 Å². The summed E-state index contributed by atoms with van der Waals surface area (Å²) in [4.78, 5) is 0. The molecule has 1 nitrogen and oxygen atoms in total. The Morgan fingerprint density at radius 3 is 2.68 bits per heavy atom. The molecule has 1 aromatic carbocycles. The van der Waals surface area contributed by atoms with Gasteiger partial charge in [0.15, 0.2) is 0 Å². The van der Waals surface area contributed by atoms with Crippen LogP contribution >= 0.6 is 0 Å². The van der Waals surface area contributed by atoms with Gasteiger partial charge < -0.3 is 5.32 Å². The van der Waals surface area contributed by atoms with Crippen molar-refractivity contribution in [3.8, 4) is 0 Å². The summed E-state index contributed by atoms with van der Waals surface area (Å²) in [6.45, 7) is 7.14. The molecule has 1 aliphatic rings. The van der Waals surface area contributed by atoms with Crippen LogP contribution in [0.5, 0.6) is 0 Å². The summed E-state index contributed by atoms with van der Waals surface area (Å²) in [5, 5.41) is 3.59. The molecule has 0 spiro atoms. The van der Waals surface area contributed by atoms with Crippen LogP contribution in [0.15, 0.2) is 30.3 Å². The lowest BCUT2D eigenvalue weighted by Crippen LogP contribution is -2.42. The van der Waals surface area contributed by atoms with Gasteiger partial charge in [-0.05, 0) is 30.4 Å². The highest BCUT2D eigenvalue weighted by Gasteiger charge is 2.36. The summed E-state index contributed by atoms with van der Waals surface area (Å²) >= 11 is 0. The summed E-state index contributed by atoms with van der Waals surface area (Å²) in [6, 6.07) is 11.1. The molecule has 0 saturated carbocycles. The highest BCUT2D eigenvalue weighted by Crippen LogP contribution is 2.44. The zero-order valence-electron chi connectivity index (χ0n) is 12.6. The number of hydrogen-bond acceptors (Lipinski definition) is 1. The minimum atomic E-state index is 0.486. The molecule has 1 heterocycles. The van der Waals surface area contributed by atoms with E-state index in [1.807, 2.05) is 0 Å². The van der Waals surface area contributed by atoms with Gasteiger partial charge in [-0.1, -0.05) is 69.9 Å². The van der Waals surface area contributed by atoms with Crippen molar-refractivity contribution in [2.75, 3.05) is 13.1 Å². The molecular weight excluding hydrogens is 230 g/mol. The second-order valence-corrected chi connectivity index (χ2v) is 6.38. The summed E-state index contributed by atoms with van der Waals surface area (Å²) in [5.41, 5.74) is 2.01. The Hall–Kier alpha value is -0.820. The number of rotatable bonds is 6. The Balaban J connectivity index is 2.02. The first-order valence-electron chi connectivity index (χ1n) is 8.02. The fourth-order valence-corrected chi connectivity index (χ4v) is 3.50. The summed E-state index contributed by atoms with van der Waals surface area (Å²) in [6.07, 6.45) is 8.23. The van der Waals surface area contributed by atoms with E-state index in [-0.39, 0.29) is 0 Å². The number of piperidine rings is 1. The van der Waals surface area contributed by atoms with Gasteiger partial charge in [0.2, 0.25) is 0 Å². The molecule has 0 amide bonds. The molecule has 106 valence electrons. The molecule has 2 unspecified atom stereocenters. The van der Waals surface area contributed by atoms with Crippen molar-refractivity contribution in [3.63, 3.8) is 0 Å². The fourth-order valence-electron chi connectivity index (χ4n) is 3.50. The lowest BCUT2D eigenvalue weighted by Gasteiger charge is -2.42. The highest BCUT2D eigenvalue weighted by molar-refractivity contribution is 5.23. The van der Waals surface area contributed by atoms with Crippen LogP contribution < -0.4 is 5.32 Å². The van der Waals surface area contributed by atoms with E-state index in [2.05, 4.69) is 49.5 Å². The Bertz CT molecular complexity index is 359. The van der Waals surface area contributed by atoms with E-state index in [1.54, 1.807) is 0 Å². The lowest BCUT2D eigenvalue weighted by atomic mass is 9.66. The van der Waals surface area contributed by atoms with E-state index >= 15 is 0 Å². The van der Waals surface area contributed by atoms with Gasteiger partial charge in [-0.25, -0.2) is 0 Å². The molecule has 1 heteroatoms. The van der Waals surface area contributed by atoms with Crippen LogP contribution in [0, 0.1) is 5.41 Å². The monoisotopic (exact) mass is 259 g/mol. The minimum absolute atomic E-state index is 0.486. The maximum Gasteiger partial charge on any atom is 0.00254 e. The SMILES string of the molecule is CCCCCCC1(C)CCNCC1c1ccccc1. The third-order valence-electron chi connectivity index (χ3n) is 4.87. The molecule has 0 bridgehead atoms. The lowest BCUT2D eigenvalue weighted by molar-refractivity contribution is 0.167. The van der Waals surface area contributed by atoms with E-state index in [4.69, 9.17) is 0 Å². The predicted octanol–water partition coefficient (Wildman–Crippen LogP) is 4.74. The van der Waals surface area contributed by atoms with Crippen molar-refractivity contribution < 1.29 is 0 Å². The Kier molecular flexibility index (Phi) is 5.45. The molecule has 0 aromatic heterocycles. The van der Waals surface area contributed by atoms with Crippen molar-refractivity contribution >= 4 is 0 Å². The van der Waals surface area contributed by atoms with Crippen LogP contribution in [0.3, 0.4) is 0 Å². The summed E-state index contributed by atoms with van der Waals surface area (Å²) < 4.78 is 0. The minimum Gasteiger partial charge on any atom is -0.316 e. The second kappa shape index (κ2) is 7.09. The molecule has 2 atom stereocenters. The molecule has 0 aliphatic carbocycles. The van der Waals surface area contributed by atoms with E-state index in [0.717, 1.165) is 6.54 Å². The molecule has 19 heavy (non-hydrogen) atoms. The standard InChI is InChI=1S/C18H29N/c1-3-4-5-9-12-18(2)13-14-19-15-17(18)16-10-7-6-8-11-16/h6-8,10-11,17,19H,3-5,9,12-15H2,1-2H3. The smallest absolute Gasteiger partial charge is 0.00254 e. The third kappa shape index (κ3) is 3.82. The molecular formula is C18H29N. The Morgan fingerprint density at radius 1 is 1.16 bits per heavy atom. The van der Waals surface area contributed by atoms with E-state index in [1.165, 1.54) is 50.6 Å². The van der Waals surface area contributed by atoms with Gasteiger partial charge in [0.05, 0.1) is 0 Å². The average Bonchev–Trinajstić information content (AvgIpc) is 2.45. The van der Waals surface area contributed by atoms with Crippen LogP contribution in [0.2, 0.25) is 0 Å². The maximum absolute atomic E-state index is 3.59. The van der Waals surface area contributed by atoms with Crippen LogP contribution in [0.1, 0.15) is 63.9 Å². The van der Waals surface area contributed by atoms with Crippen molar-refractivity contribution in [1.82, 2.24) is 5.32 Å². The van der Waals surface area contributed by atoms with Gasteiger partial charge >= 0.3 is 0 Å². The first-order chi connectivity index (χ1) is 9.26. The quantitative estimate of drug-likeness (QED) is 0.728. The largest absolute Gasteiger partial charge is 0.316 e. The van der Waals surface area contributed by atoms with Crippen LogP contribution in [-0.4, -0.2) is 13.1 Å². The summed E-state index contributed by atoms with van der Waals surface area (Å²) in [7, 11) is 0. The van der Waals surface area contributed by atoms with E-state index in [9.17, 15) is 0 Å². The number of nitrogens with one attached hydrogen (secondary N) is 1. The highest BCUT2D eigenvalue weighted by atomic mass is 14.9. The number of unbranched alkanes of at least 4 members (excludes halogenated alkanes) is 3. The molecule has 0 radical (unpaired) electrons. The van der Waals surface area contributed by atoms with Gasteiger partial charge in [-0.15, -0.1) is 0 Å². The number of hydrogen-bond donors (Lipinski definition) is 1. The molecule has 1 saturated heterocycles. The van der Waals surface area contributed by atoms with Crippen LogP contribution in [0.25, 0.3) is 0 Å². The van der Waals surface area contributed by atoms with Gasteiger partial charge in [0.1, 0.15) is 0 Å². The van der Waals surface area contributed by atoms with E-state index < -0.39 is 0 Å². The molecule has 1 aromatic rings. The van der Waals surface area contributed by atoms with Gasteiger partial charge in [-0.3, -0.25) is 0 Å². The van der Waals surface area contributed by atoms with Crippen molar-refractivity contribution in [2.45, 2.75) is 58.3 Å². The van der Waals surface area contributed by atoms with Gasteiger partial charge in [-0.2, -0.15) is 0 Å². The first kappa shape index (κ1) is 14.6. The van der Waals surface area contributed by atoms with Crippen LogP contribution in [-0.2, 0) is 0 Å². The predicted molar refractivity (Wildman–Crippen MR) is 83.5 cm³/mol. The summed E-state index contributed by atoms with van der Waals surface area (Å²) in [5.74, 6) is 0.684. The number of benzene rings is 1. The zero-order valence-corrected chi connectivity index (χ0v) is 12.6. The average molecular weight is 259 g/mol.